The highest BCUT2D eigenvalue weighted by Crippen LogP contribution is 2.31. The first kappa shape index (κ1) is 9.52. The van der Waals surface area contributed by atoms with E-state index in [0.717, 1.165) is 13.1 Å². The van der Waals surface area contributed by atoms with Gasteiger partial charge in [0.05, 0.1) is 0 Å². The van der Waals surface area contributed by atoms with E-state index in [1.807, 2.05) is 0 Å². The van der Waals surface area contributed by atoms with Gasteiger partial charge in [0.2, 0.25) is 0 Å². The van der Waals surface area contributed by atoms with Gasteiger partial charge in [0.25, 0.3) is 0 Å². The number of thiophene rings is 1. The molecule has 2 rings (SSSR count). The lowest BCUT2D eigenvalue weighted by atomic mass is 9.95. The maximum absolute atomic E-state index is 8.28. The highest BCUT2D eigenvalue weighted by atomic mass is 32.1. The molecule has 1 fully saturated rings. The topological polar surface area (TPSA) is 60.8 Å². The van der Waals surface area contributed by atoms with E-state index in [1.165, 1.54) is 4.88 Å². The van der Waals surface area contributed by atoms with Gasteiger partial charge in [0.15, 0.2) is 0 Å². The highest BCUT2D eigenvalue weighted by Gasteiger charge is 2.28. The summed E-state index contributed by atoms with van der Waals surface area (Å²) in [6.07, 6.45) is 0. The quantitative estimate of drug-likeness (QED) is 0.462. The molecule has 0 radical (unpaired) electrons. The van der Waals surface area contributed by atoms with Crippen molar-refractivity contribution >= 4 is 11.3 Å². The minimum atomic E-state index is 0.463. The Bertz CT molecular complexity index is 329. The van der Waals surface area contributed by atoms with Gasteiger partial charge in [-0.3, -0.25) is 0 Å². The third-order valence-electron chi connectivity index (χ3n) is 2.63. The third-order valence-corrected chi connectivity index (χ3v) is 3.63. The molecule has 1 N–H and O–H groups in total. The summed E-state index contributed by atoms with van der Waals surface area (Å²) in [7, 11) is 0. The molecule has 1 aliphatic rings. The third kappa shape index (κ3) is 1.90. The molecule has 1 aromatic heterocycles. The summed E-state index contributed by atoms with van der Waals surface area (Å²) in [5.41, 5.74) is 8.28. The summed E-state index contributed by atoms with van der Waals surface area (Å²) < 4.78 is 0. The van der Waals surface area contributed by atoms with E-state index in [2.05, 4.69) is 32.9 Å². The van der Waals surface area contributed by atoms with Crippen molar-refractivity contribution in [2.45, 2.75) is 5.92 Å². The van der Waals surface area contributed by atoms with Gasteiger partial charge in [-0.05, 0) is 29.4 Å². The van der Waals surface area contributed by atoms with Crippen LogP contribution in [0.3, 0.4) is 0 Å². The lowest BCUT2D eigenvalue weighted by Gasteiger charge is -2.14. The Labute approximate surface area is 86.6 Å². The normalized spacial score (nSPS) is 26.0. The largest absolute Gasteiger partial charge is 0.316 e. The van der Waals surface area contributed by atoms with Crippen molar-refractivity contribution in [3.05, 3.63) is 32.8 Å². The zero-order valence-electron chi connectivity index (χ0n) is 7.76. The molecule has 14 heavy (non-hydrogen) atoms. The average molecular weight is 208 g/mol. The summed E-state index contributed by atoms with van der Waals surface area (Å²) in [5, 5.41) is 9.10. The van der Waals surface area contributed by atoms with Crippen molar-refractivity contribution in [1.29, 1.82) is 0 Å². The second kappa shape index (κ2) is 4.46. The Balaban J connectivity index is 2.07. The molecular weight excluding hydrogens is 196 g/mol. The van der Waals surface area contributed by atoms with Gasteiger partial charge in [-0.25, -0.2) is 0 Å². The summed E-state index contributed by atoms with van der Waals surface area (Å²) in [6.45, 7) is 2.57. The maximum Gasteiger partial charge on any atom is 0.0304 e. The lowest BCUT2D eigenvalue weighted by Crippen LogP contribution is -2.12. The zero-order chi connectivity index (χ0) is 9.80. The Morgan fingerprint density at radius 3 is 3.29 bits per heavy atom. The van der Waals surface area contributed by atoms with Gasteiger partial charge in [-0.15, -0.1) is 11.3 Å². The number of rotatable bonds is 3. The standard InChI is InChI=1S/C9H12N4S/c10-13-12-5-7-4-11-6-8(7)9-2-1-3-14-9/h1-3,7-8,11H,4-6H2. The van der Waals surface area contributed by atoms with E-state index in [-0.39, 0.29) is 0 Å². The molecule has 1 aromatic rings. The van der Waals surface area contributed by atoms with Gasteiger partial charge in [-0.2, -0.15) is 0 Å². The van der Waals surface area contributed by atoms with Crippen LogP contribution in [0.15, 0.2) is 22.6 Å². The first-order chi connectivity index (χ1) is 6.92. The molecule has 1 saturated heterocycles. The minimum Gasteiger partial charge on any atom is -0.316 e. The Hall–Kier alpha value is -1.03. The van der Waals surface area contributed by atoms with Crippen LogP contribution in [0.4, 0.5) is 0 Å². The van der Waals surface area contributed by atoms with E-state index < -0.39 is 0 Å². The van der Waals surface area contributed by atoms with Crippen LogP contribution < -0.4 is 5.32 Å². The van der Waals surface area contributed by atoms with Crippen LogP contribution in [0, 0.1) is 5.92 Å². The minimum absolute atomic E-state index is 0.463. The van der Waals surface area contributed by atoms with Crippen LogP contribution in [0.2, 0.25) is 0 Å². The number of azide groups is 1. The van der Waals surface area contributed by atoms with Gasteiger partial charge in [0, 0.05) is 28.8 Å². The molecule has 74 valence electrons. The fourth-order valence-electron chi connectivity index (χ4n) is 1.90. The van der Waals surface area contributed by atoms with Crippen molar-refractivity contribution in [3.8, 4) is 0 Å². The summed E-state index contributed by atoms with van der Waals surface area (Å²) in [4.78, 5) is 4.21. The smallest absolute Gasteiger partial charge is 0.0304 e. The average Bonchev–Trinajstić information content (AvgIpc) is 2.84. The van der Waals surface area contributed by atoms with E-state index in [4.69, 9.17) is 5.53 Å². The van der Waals surface area contributed by atoms with Gasteiger partial charge in [0.1, 0.15) is 0 Å². The molecule has 4 nitrogen and oxygen atoms in total. The molecule has 2 atom stereocenters. The Morgan fingerprint density at radius 2 is 2.57 bits per heavy atom. The molecule has 0 amide bonds. The molecule has 0 saturated carbocycles. The highest BCUT2D eigenvalue weighted by molar-refractivity contribution is 7.10. The maximum atomic E-state index is 8.28. The molecule has 0 aliphatic carbocycles. The van der Waals surface area contributed by atoms with E-state index in [0.29, 0.717) is 18.4 Å². The monoisotopic (exact) mass is 208 g/mol. The summed E-state index contributed by atoms with van der Waals surface area (Å²) >= 11 is 1.78. The van der Waals surface area contributed by atoms with E-state index in [1.54, 1.807) is 11.3 Å². The predicted octanol–water partition coefficient (Wildman–Crippen LogP) is 2.36. The van der Waals surface area contributed by atoms with Crippen molar-refractivity contribution in [1.82, 2.24) is 5.32 Å². The van der Waals surface area contributed by atoms with Crippen LogP contribution in [0.5, 0.6) is 0 Å². The first-order valence-electron chi connectivity index (χ1n) is 4.67. The van der Waals surface area contributed by atoms with E-state index in [9.17, 15) is 0 Å². The van der Waals surface area contributed by atoms with Gasteiger partial charge < -0.3 is 5.32 Å². The second-order valence-electron chi connectivity index (χ2n) is 3.45. The number of nitrogens with one attached hydrogen (secondary N) is 1. The molecule has 1 aliphatic heterocycles. The molecule has 0 bridgehead atoms. The Morgan fingerprint density at radius 1 is 1.64 bits per heavy atom. The molecule has 2 heterocycles. The molecule has 5 heteroatoms. The van der Waals surface area contributed by atoms with Crippen molar-refractivity contribution in [2.24, 2.45) is 11.0 Å². The molecule has 2 unspecified atom stereocenters. The number of nitrogens with zero attached hydrogens (tertiary/aromatic N) is 3. The first-order valence-corrected chi connectivity index (χ1v) is 5.54. The Kier molecular flexibility index (Phi) is 3.03. The summed E-state index contributed by atoms with van der Waals surface area (Å²) in [6, 6.07) is 4.23. The van der Waals surface area contributed by atoms with Crippen molar-refractivity contribution < 1.29 is 0 Å². The molecular formula is C9H12N4S. The predicted molar refractivity (Wildman–Crippen MR) is 57.4 cm³/mol. The van der Waals surface area contributed by atoms with Crippen molar-refractivity contribution in [2.75, 3.05) is 19.6 Å². The molecule has 0 aromatic carbocycles. The van der Waals surface area contributed by atoms with Crippen LogP contribution in [0.25, 0.3) is 10.4 Å². The van der Waals surface area contributed by atoms with Crippen LogP contribution in [-0.2, 0) is 0 Å². The fourth-order valence-corrected chi connectivity index (χ4v) is 2.82. The molecule has 0 spiro atoms. The summed E-state index contributed by atoms with van der Waals surface area (Å²) in [5.74, 6) is 0.991. The van der Waals surface area contributed by atoms with E-state index >= 15 is 0 Å². The van der Waals surface area contributed by atoms with Gasteiger partial charge >= 0.3 is 0 Å². The SMILES string of the molecule is [N-]=[N+]=NCC1CNCC1c1cccs1. The fraction of sp³-hybridized carbons (Fsp3) is 0.556. The van der Waals surface area contributed by atoms with Crippen molar-refractivity contribution in [3.63, 3.8) is 0 Å². The zero-order valence-corrected chi connectivity index (χ0v) is 8.57. The number of hydrogen-bond acceptors (Lipinski definition) is 3. The second-order valence-corrected chi connectivity index (χ2v) is 4.43. The van der Waals surface area contributed by atoms with Gasteiger partial charge in [-0.1, -0.05) is 11.2 Å². The lowest BCUT2D eigenvalue weighted by molar-refractivity contribution is 0.535. The van der Waals surface area contributed by atoms with Crippen LogP contribution in [0.1, 0.15) is 10.8 Å². The number of hydrogen-bond donors (Lipinski definition) is 1. The van der Waals surface area contributed by atoms with Crippen LogP contribution >= 0.6 is 11.3 Å². The van der Waals surface area contributed by atoms with Crippen LogP contribution in [-0.4, -0.2) is 19.6 Å².